The van der Waals surface area contributed by atoms with Crippen LogP contribution in [0, 0.1) is 5.92 Å². The first kappa shape index (κ1) is 9.92. The first-order valence-electron chi connectivity index (χ1n) is 4.09. The van der Waals surface area contributed by atoms with Crippen LogP contribution in [-0.2, 0) is 4.84 Å². The summed E-state index contributed by atoms with van der Waals surface area (Å²) in [5.41, 5.74) is 3.02. The number of rotatable bonds is 5. The van der Waals surface area contributed by atoms with Gasteiger partial charge in [0, 0.05) is 6.04 Å². The zero-order chi connectivity index (χ0) is 7.98. The maximum atomic E-state index is 5.10. The molecule has 1 N–H and O–H groups in total. The van der Waals surface area contributed by atoms with Crippen LogP contribution in [0.25, 0.3) is 0 Å². The van der Waals surface area contributed by atoms with Crippen molar-refractivity contribution in [2.24, 2.45) is 5.92 Å². The molecule has 0 fully saturated rings. The predicted molar refractivity (Wildman–Crippen MR) is 43.7 cm³/mol. The van der Waals surface area contributed by atoms with E-state index in [0.717, 1.165) is 13.0 Å². The number of hydrogen-bond acceptors (Lipinski definition) is 2. The van der Waals surface area contributed by atoms with Crippen molar-refractivity contribution in [3.05, 3.63) is 0 Å². The minimum atomic E-state index is 0.500. The van der Waals surface area contributed by atoms with Gasteiger partial charge >= 0.3 is 0 Å². The van der Waals surface area contributed by atoms with E-state index >= 15 is 0 Å². The Morgan fingerprint density at radius 2 is 1.90 bits per heavy atom. The third kappa shape index (κ3) is 3.85. The van der Waals surface area contributed by atoms with E-state index in [2.05, 4.69) is 26.3 Å². The minimum absolute atomic E-state index is 0.500. The highest BCUT2D eigenvalue weighted by Gasteiger charge is 2.08. The molecule has 0 radical (unpaired) electrons. The van der Waals surface area contributed by atoms with Crippen LogP contribution in [-0.4, -0.2) is 12.6 Å². The van der Waals surface area contributed by atoms with E-state index in [0.29, 0.717) is 12.0 Å². The molecule has 1 unspecified atom stereocenters. The Hall–Kier alpha value is -0.0800. The number of nitrogens with one attached hydrogen (secondary N) is 1. The van der Waals surface area contributed by atoms with E-state index in [1.54, 1.807) is 0 Å². The van der Waals surface area contributed by atoms with Gasteiger partial charge in [-0.15, -0.1) is 0 Å². The van der Waals surface area contributed by atoms with Crippen molar-refractivity contribution in [2.75, 3.05) is 6.61 Å². The molecule has 0 rings (SSSR count). The van der Waals surface area contributed by atoms with Crippen molar-refractivity contribution in [1.29, 1.82) is 0 Å². The summed E-state index contributed by atoms with van der Waals surface area (Å²) in [7, 11) is 0. The summed E-state index contributed by atoms with van der Waals surface area (Å²) in [4.78, 5) is 5.10. The molecule has 0 spiro atoms. The Labute approximate surface area is 63.9 Å². The Morgan fingerprint density at radius 3 is 2.20 bits per heavy atom. The molecule has 0 heterocycles. The van der Waals surface area contributed by atoms with Gasteiger partial charge in [-0.3, -0.25) is 0 Å². The van der Waals surface area contributed by atoms with Crippen LogP contribution in [0.2, 0.25) is 0 Å². The van der Waals surface area contributed by atoms with Gasteiger partial charge in [0.05, 0.1) is 6.61 Å². The van der Waals surface area contributed by atoms with Crippen LogP contribution in [0.4, 0.5) is 0 Å². The third-order valence-electron chi connectivity index (χ3n) is 1.62. The predicted octanol–water partition coefficient (Wildman–Crippen LogP) is 1.96. The highest BCUT2D eigenvalue weighted by atomic mass is 16.6. The van der Waals surface area contributed by atoms with Gasteiger partial charge in [-0.2, -0.15) is 5.48 Å². The smallest absolute Gasteiger partial charge is 0.0654 e. The second-order valence-corrected chi connectivity index (χ2v) is 2.81. The third-order valence-corrected chi connectivity index (χ3v) is 1.62. The average molecular weight is 145 g/mol. The van der Waals surface area contributed by atoms with Crippen LogP contribution in [0.5, 0.6) is 0 Å². The monoisotopic (exact) mass is 145 g/mol. The van der Waals surface area contributed by atoms with Crippen molar-refractivity contribution in [2.45, 2.75) is 40.2 Å². The summed E-state index contributed by atoms with van der Waals surface area (Å²) >= 11 is 0. The van der Waals surface area contributed by atoms with Gasteiger partial charge in [-0.1, -0.05) is 20.8 Å². The van der Waals surface area contributed by atoms with Crippen LogP contribution >= 0.6 is 0 Å². The largest absolute Gasteiger partial charge is 0.302 e. The molecule has 62 valence electrons. The molecule has 0 saturated heterocycles. The van der Waals surface area contributed by atoms with Gasteiger partial charge in [0.15, 0.2) is 0 Å². The number of hydrogen-bond donors (Lipinski definition) is 1. The lowest BCUT2D eigenvalue weighted by atomic mass is 10.0. The zero-order valence-electron chi connectivity index (χ0n) is 7.48. The topological polar surface area (TPSA) is 21.3 Å². The Balaban J connectivity index is 3.40. The van der Waals surface area contributed by atoms with Gasteiger partial charge in [0.2, 0.25) is 0 Å². The summed E-state index contributed by atoms with van der Waals surface area (Å²) in [6.45, 7) is 9.28. The Bertz CT molecular complexity index is 73.7. The fourth-order valence-corrected chi connectivity index (χ4v) is 0.881. The lowest BCUT2D eigenvalue weighted by molar-refractivity contribution is 0.0118. The molecule has 0 saturated carbocycles. The lowest BCUT2D eigenvalue weighted by Crippen LogP contribution is -2.33. The second kappa shape index (κ2) is 5.69. The molecule has 0 aromatic carbocycles. The zero-order valence-corrected chi connectivity index (χ0v) is 7.48. The minimum Gasteiger partial charge on any atom is -0.302 e. The fraction of sp³-hybridized carbons (Fsp3) is 1.00. The molecule has 0 aliphatic carbocycles. The van der Waals surface area contributed by atoms with Crippen molar-refractivity contribution >= 4 is 0 Å². The molecular weight excluding hydrogens is 126 g/mol. The highest BCUT2D eigenvalue weighted by molar-refractivity contribution is 4.62. The summed E-state index contributed by atoms with van der Waals surface area (Å²) in [6, 6.07) is 0.500. The normalized spacial score (nSPS) is 14.1. The highest BCUT2D eigenvalue weighted by Crippen LogP contribution is 2.04. The van der Waals surface area contributed by atoms with Gasteiger partial charge in [-0.05, 0) is 19.3 Å². The van der Waals surface area contributed by atoms with Crippen LogP contribution in [0.3, 0.4) is 0 Å². The number of hydroxylamine groups is 1. The van der Waals surface area contributed by atoms with Crippen molar-refractivity contribution in [3.63, 3.8) is 0 Å². The van der Waals surface area contributed by atoms with Crippen LogP contribution in [0.1, 0.15) is 34.1 Å². The lowest BCUT2D eigenvalue weighted by Gasteiger charge is -2.19. The quantitative estimate of drug-likeness (QED) is 0.597. The molecule has 0 aromatic heterocycles. The van der Waals surface area contributed by atoms with Gasteiger partial charge in [0.1, 0.15) is 0 Å². The first-order chi connectivity index (χ1) is 4.72. The molecule has 0 aromatic rings. The maximum Gasteiger partial charge on any atom is 0.0654 e. The van der Waals surface area contributed by atoms with Crippen LogP contribution in [0.15, 0.2) is 0 Å². The van der Waals surface area contributed by atoms with E-state index in [4.69, 9.17) is 4.84 Å². The molecule has 10 heavy (non-hydrogen) atoms. The second-order valence-electron chi connectivity index (χ2n) is 2.81. The van der Waals surface area contributed by atoms with Crippen molar-refractivity contribution in [1.82, 2.24) is 5.48 Å². The Kier molecular flexibility index (Phi) is 5.64. The summed E-state index contributed by atoms with van der Waals surface area (Å²) in [5, 5.41) is 0. The van der Waals surface area contributed by atoms with Gasteiger partial charge < -0.3 is 4.84 Å². The average Bonchev–Trinajstić information content (AvgIpc) is 1.89. The standard InChI is InChI=1S/C8H19NO/c1-5-8(7(3)4)9-10-6-2/h7-9H,5-6H2,1-4H3. The van der Waals surface area contributed by atoms with Crippen molar-refractivity contribution in [3.8, 4) is 0 Å². The molecule has 1 atom stereocenters. The molecule has 0 bridgehead atoms. The van der Waals surface area contributed by atoms with Crippen molar-refractivity contribution < 1.29 is 4.84 Å². The molecule has 2 nitrogen and oxygen atoms in total. The van der Waals surface area contributed by atoms with Crippen LogP contribution < -0.4 is 5.48 Å². The van der Waals surface area contributed by atoms with E-state index in [1.165, 1.54) is 0 Å². The summed E-state index contributed by atoms with van der Waals surface area (Å²) in [6.07, 6.45) is 1.12. The van der Waals surface area contributed by atoms with E-state index in [-0.39, 0.29) is 0 Å². The fourth-order valence-electron chi connectivity index (χ4n) is 0.881. The maximum absolute atomic E-state index is 5.10. The molecule has 2 heteroatoms. The Morgan fingerprint density at radius 1 is 1.30 bits per heavy atom. The molecule has 0 aliphatic heterocycles. The SMILES string of the molecule is CCONC(CC)C(C)C. The van der Waals surface area contributed by atoms with Gasteiger partial charge in [0.25, 0.3) is 0 Å². The molecular formula is C8H19NO. The van der Waals surface area contributed by atoms with Gasteiger partial charge in [-0.25, -0.2) is 0 Å². The summed E-state index contributed by atoms with van der Waals surface area (Å²) < 4.78 is 0. The van der Waals surface area contributed by atoms with E-state index < -0.39 is 0 Å². The molecule has 0 aliphatic rings. The van der Waals surface area contributed by atoms with E-state index in [9.17, 15) is 0 Å². The molecule has 0 amide bonds. The first-order valence-corrected chi connectivity index (χ1v) is 4.09. The summed E-state index contributed by atoms with van der Waals surface area (Å²) in [5.74, 6) is 0.650. The van der Waals surface area contributed by atoms with E-state index in [1.807, 2.05) is 6.92 Å².